The molecule has 0 aliphatic carbocycles. The molecule has 1 unspecified atom stereocenters. The van der Waals surface area contributed by atoms with E-state index in [1.54, 1.807) is 0 Å². The summed E-state index contributed by atoms with van der Waals surface area (Å²) in [4.78, 5) is 21.7. The van der Waals surface area contributed by atoms with Crippen molar-refractivity contribution in [1.29, 1.82) is 0 Å². The molecule has 0 spiro atoms. The van der Waals surface area contributed by atoms with E-state index in [9.17, 15) is 22.8 Å². The summed E-state index contributed by atoms with van der Waals surface area (Å²) in [6, 6.07) is 1.92. The first-order chi connectivity index (χ1) is 8.62. The van der Waals surface area contributed by atoms with Crippen LogP contribution in [0.15, 0.2) is 22.7 Å². The zero-order valence-corrected chi connectivity index (χ0v) is 11.3. The first kappa shape index (κ1) is 15.8. The molecule has 0 radical (unpaired) electrons. The average molecular weight is 361 g/mol. The molecule has 104 valence electrons. The number of hydrogen-bond donors (Lipinski definition) is 2. The fraction of sp³-hybridized carbons (Fsp3) is 0.200. The van der Waals surface area contributed by atoms with Crippen molar-refractivity contribution in [3.63, 3.8) is 0 Å². The molecule has 9 heteroatoms. The van der Waals surface area contributed by atoms with Gasteiger partial charge in [0, 0.05) is 4.47 Å². The van der Waals surface area contributed by atoms with Gasteiger partial charge in [-0.25, -0.2) is 4.79 Å². The lowest BCUT2D eigenvalue weighted by Gasteiger charge is -2.16. The van der Waals surface area contributed by atoms with E-state index in [4.69, 9.17) is 16.7 Å². The Morgan fingerprint density at radius 3 is 2.37 bits per heavy atom. The number of carboxylic acids is 1. The van der Waals surface area contributed by atoms with Crippen molar-refractivity contribution in [2.75, 3.05) is 0 Å². The second kappa shape index (κ2) is 5.79. The minimum absolute atomic E-state index is 0.0404. The molecule has 1 aromatic rings. The summed E-state index contributed by atoms with van der Waals surface area (Å²) < 4.78 is 36.6. The minimum atomic E-state index is -5.16. The fourth-order valence-corrected chi connectivity index (χ4v) is 1.71. The van der Waals surface area contributed by atoms with Gasteiger partial charge in [0.25, 0.3) is 0 Å². The zero-order valence-electron chi connectivity index (χ0n) is 8.96. The molecule has 2 N–H and O–H groups in total. The van der Waals surface area contributed by atoms with Crippen molar-refractivity contribution >= 4 is 39.4 Å². The van der Waals surface area contributed by atoms with Crippen LogP contribution in [0, 0.1) is 0 Å². The molecular formula is C10H6BrClF3NO3. The summed E-state index contributed by atoms with van der Waals surface area (Å²) in [6.07, 6.45) is -5.16. The van der Waals surface area contributed by atoms with E-state index in [1.807, 2.05) is 0 Å². The quantitative estimate of drug-likeness (QED) is 0.871. The SMILES string of the molecule is O=C(O)C(NC(=O)C(F)(F)F)c1ccc(Cl)c(Br)c1. The first-order valence-electron chi connectivity index (χ1n) is 4.68. The number of rotatable bonds is 3. The van der Waals surface area contributed by atoms with E-state index < -0.39 is 24.1 Å². The van der Waals surface area contributed by atoms with Crippen molar-refractivity contribution in [3.05, 3.63) is 33.3 Å². The normalized spacial score (nSPS) is 12.9. The van der Waals surface area contributed by atoms with Crippen molar-refractivity contribution in [3.8, 4) is 0 Å². The lowest BCUT2D eigenvalue weighted by Crippen LogP contribution is -2.41. The summed E-state index contributed by atoms with van der Waals surface area (Å²) in [5.41, 5.74) is -0.0404. The van der Waals surface area contributed by atoms with Gasteiger partial charge in [-0.1, -0.05) is 17.7 Å². The van der Waals surface area contributed by atoms with Crippen LogP contribution >= 0.6 is 27.5 Å². The summed E-state index contributed by atoms with van der Waals surface area (Å²) in [6.45, 7) is 0. The molecule has 0 aliphatic heterocycles. The Bertz CT molecular complexity index is 521. The van der Waals surface area contributed by atoms with Crippen LogP contribution < -0.4 is 5.32 Å². The molecule has 0 bridgehead atoms. The van der Waals surface area contributed by atoms with Crippen LogP contribution in [0.5, 0.6) is 0 Å². The molecule has 1 atom stereocenters. The van der Waals surface area contributed by atoms with Gasteiger partial charge < -0.3 is 10.4 Å². The van der Waals surface area contributed by atoms with Gasteiger partial charge in [0.05, 0.1) is 5.02 Å². The van der Waals surface area contributed by atoms with E-state index in [1.165, 1.54) is 23.5 Å². The standard InChI is InChI=1S/C10H6BrClF3NO3/c11-5-3-4(1-2-6(5)12)7(8(17)18)16-9(19)10(13,14)15/h1-3,7H,(H,16,19)(H,17,18). The minimum Gasteiger partial charge on any atom is -0.479 e. The Hall–Kier alpha value is -1.28. The van der Waals surface area contributed by atoms with Gasteiger partial charge in [-0.05, 0) is 33.6 Å². The lowest BCUT2D eigenvalue weighted by molar-refractivity contribution is -0.175. The van der Waals surface area contributed by atoms with Gasteiger partial charge in [0.15, 0.2) is 6.04 Å². The van der Waals surface area contributed by atoms with Gasteiger partial charge in [-0.2, -0.15) is 13.2 Å². The number of carboxylic acid groups (broad SMARTS) is 1. The Labute approximate surface area is 118 Å². The number of aliphatic carboxylic acids is 1. The highest BCUT2D eigenvalue weighted by Gasteiger charge is 2.41. The van der Waals surface area contributed by atoms with E-state index in [2.05, 4.69) is 15.9 Å². The molecule has 4 nitrogen and oxygen atoms in total. The molecule has 0 saturated heterocycles. The van der Waals surface area contributed by atoms with Gasteiger partial charge in [-0.3, -0.25) is 4.79 Å². The van der Waals surface area contributed by atoms with Crippen molar-refractivity contribution in [2.24, 2.45) is 0 Å². The Morgan fingerprint density at radius 2 is 1.95 bits per heavy atom. The highest BCUT2D eigenvalue weighted by atomic mass is 79.9. The average Bonchev–Trinajstić information content (AvgIpc) is 2.27. The lowest BCUT2D eigenvalue weighted by atomic mass is 10.1. The number of benzene rings is 1. The molecular weight excluding hydrogens is 354 g/mol. The van der Waals surface area contributed by atoms with Crippen LogP contribution in [0.2, 0.25) is 5.02 Å². The third-order valence-corrected chi connectivity index (χ3v) is 3.27. The van der Waals surface area contributed by atoms with E-state index in [0.717, 1.165) is 0 Å². The Balaban J connectivity index is 3.05. The Morgan fingerprint density at radius 1 is 1.37 bits per heavy atom. The summed E-state index contributed by atoms with van der Waals surface area (Å²) in [7, 11) is 0. The van der Waals surface area contributed by atoms with E-state index >= 15 is 0 Å². The summed E-state index contributed by atoms with van der Waals surface area (Å²) in [5.74, 6) is -3.95. The number of alkyl halides is 3. The molecule has 1 amide bonds. The summed E-state index contributed by atoms with van der Waals surface area (Å²) >= 11 is 8.69. The predicted molar refractivity (Wildman–Crippen MR) is 63.7 cm³/mol. The van der Waals surface area contributed by atoms with Gasteiger partial charge >= 0.3 is 18.1 Å². The number of hydrogen-bond acceptors (Lipinski definition) is 2. The molecule has 0 fully saturated rings. The second-order valence-electron chi connectivity index (χ2n) is 3.42. The number of nitrogens with one attached hydrogen (secondary N) is 1. The van der Waals surface area contributed by atoms with Gasteiger partial charge in [0.1, 0.15) is 0 Å². The monoisotopic (exact) mass is 359 g/mol. The molecule has 0 aromatic heterocycles. The van der Waals surface area contributed by atoms with Gasteiger partial charge in [0.2, 0.25) is 0 Å². The molecule has 1 aromatic carbocycles. The Kier molecular flexibility index (Phi) is 4.81. The van der Waals surface area contributed by atoms with Crippen LogP contribution in [0.3, 0.4) is 0 Å². The van der Waals surface area contributed by atoms with Crippen molar-refractivity contribution in [2.45, 2.75) is 12.2 Å². The van der Waals surface area contributed by atoms with Crippen molar-refractivity contribution in [1.82, 2.24) is 5.32 Å². The third kappa shape index (κ3) is 4.10. The maximum Gasteiger partial charge on any atom is 0.471 e. The highest BCUT2D eigenvalue weighted by Crippen LogP contribution is 2.27. The van der Waals surface area contributed by atoms with Gasteiger partial charge in [-0.15, -0.1) is 0 Å². The number of halogens is 5. The number of amides is 1. The molecule has 1 rings (SSSR count). The van der Waals surface area contributed by atoms with E-state index in [-0.39, 0.29) is 10.6 Å². The topological polar surface area (TPSA) is 66.4 Å². The fourth-order valence-electron chi connectivity index (χ4n) is 1.19. The predicted octanol–water partition coefficient (Wildman–Crippen LogP) is 2.91. The van der Waals surface area contributed by atoms with Crippen LogP contribution in [0.25, 0.3) is 0 Å². The molecule has 0 aliphatic rings. The van der Waals surface area contributed by atoms with Crippen LogP contribution in [0.1, 0.15) is 11.6 Å². The van der Waals surface area contributed by atoms with Crippen molar-refractivity contribution < 1.29 is 27.9 Å². The second-order valence-corrected chi connectivity index (χ2v) is 4.68. The number of carbonyl (C=O) groups excluding carboxylic acids is 1. The van der Waals surface area contributed by atoms with Crippen LogP contribution in [-0.2, 0) is 9.59 Å². The molecule has 19 heavy (non-hydrogen) atoms. The first-order valence-corrected chi connectivity index (χ1v) is 5.85. The van der Waals surface area contributed by atoms with E-state index in [0.29, 0.717) is 4.47 Å². The van der Waals surface area contributed by atoms with Crippen LogP contribution in [0.4, 0.5) is 13.2 Å². The highest BCUT2D eigenvalue weighted by molar-refractivity contribution is 9.10. The maximum absolute atomic E-state index is 12.1. The third-order valence-electron chi connectivity index (χ3n) is 2.06. The van der Waals surface area contributed by atoms with Crippen LogP contribution in [-0.4, -0.2) is 23.2 Å². The smallest absolute Gasteiger partial charge is 0.471 e. The summed E-state index contributed by atoms with van der Waals surface area (Å²) in [5, 5.41) is 10.5. The number of carbonyl (C=O) groups is 2. The molecule has 0 heterocycles. The largest absolute Gasteiger partial charge is 0.479 e. The molecule has 0 saturated carbocycles. The zero-order chi connectivity index (χ0) is 14.8. The maximum atomic E-state index is 12.1.